The van der Waals surface area contributed by atoms with Crippen molar-refractivity contribution < 1.29 is 4.79 Å². The molecule has 0 fully saturated rings. The van der Waals surface area contributed by atoms with E-state index in [0.29, 0.717) is 15.8 Å². The lowest BCUT2D eigenvalue weighted by molar-refractivity contribution is 0.0970. The first-order chi connectivity index (χ1) is 13.0. The van der Waals surface area contributed by atoms with E-state index in [-0.39, 0.29) is 17.9 Å². The molecule has 0 bridgehead atoms. The van der Waals surface area contributed by atoms with Gasteiger partial charge in [-0.05, 0) is 56.0 Å². The van der Waals surface area contributed by atoms with Crippen molar-refractivity contribution in [1.82, 2.24) is 14.1 Å². The van der Waals surface area contributed by atoms with Crippen LogP contribution in [0.5, 0.6) is 0 Å². The van der Waals surface area contributed by atoms with Crippen LogP contribution in [0, 0.1) is 20.8 Å². The molecule has 0 saturated carbocycles. The van der Waals surface area contributed by atoms with Crippen LogP contribution in [0.15, 0.2) is 52.9 Å². The maximum atomic E-state index is 12.9. The van der Waals surface area contributed by atoms with Crippen molar-refractivity contribution in [3.8, 4) is 5.69 Å². The molecule has 4 rings (SSSR count). The van der Waals surface area contributed by atoms with Gasteiger partial charge in [0.15, 0.2) is 5.78 Å². The molecule has 0 unspecified atom stereocenters. The van der Waals surface area contributed by atoms with Gasteiger partial charge >= 0.3 is 0 Å². The Hall–Kier alpha value is -2.99. The number of nitrogens with zero attached hydrogens (tertiary/aromatic N) is 3. The van der Waals surface area contributed by atoms with E-state index in [9.17, 15) is 9.59 Å². The standard InChI is InChI=1S/C21H19N3O2S/c1-13-5-4-6-16(9-13)24-14(2)10-18(15(24)3)19(25)11-23-12-22-20-17(21(23)26)7-8-27-20/h4-10,12H,11H2,1-3H3. The van der Waals surface area contributed by atoms with Gasteiger partial charge < -0.3 is 4.57 Å². The highest BCUT2D eigenvalue weighted by atomic mass is 32.1. The van der Waals surface area contributed by atoms with Crippen LogP contribution < -0.4 is 5.56 Å². The van der Waals surface area contributed by atoms with Crippen molar-refractivity contribution in [3.05, 3.63) is 81.0 Å². The molecule has 0 aliphatic heterocycles. The first kappa shape index (κ1) is 17.4. The van der Waals surface area contributed by atoms with Gasteiger partial charge in [-0.1, -0.05) is 12.1 Å². The van der Waals surface area contributed by atoms with Gasteiger partial charge in [-0.25, -0.2) is 4.98 Å². The van der Waals surface area contributed by atoms with E-state index in [0.717, 1.165) is 22.6 Å². The lowest BCUT2D eigenvalue weighted by Crippen LogP contribution is -2.24. The predicted molar refractivity (Wildman–Crippen MR) is 108 cm³/mol. The average Bonchev–Trinajstić information content (AvgIpc) is 3.22. The fourth-order valence-corrected chi connectivity index (χ4v) is 4.18. The summed E-state index contributed by atoms with van der Waals surface area (Å²) in [5.74, 6) is -0.0968. The second kappa shape index (κ2) is 6.63. The van der Waals surface area contributed by atoms with Crippen LogP contribution in [0.1, 0.15) is 27.3 Å². The highest BCUT2D eigenvalue weighted by Crippen LogP contribution is 2.22. The zero-order valence-electron chi connectivity index (χ0n) is 15.4. The molecule has 0 amide bonds. The molecule has 0 radical (unpaired) electrons. The summed E-state index contributed by atoms with van der Waals surface area (Å²) < 4.78 is 3.46. The number of fused-ring (bicyclic) bond motifs is 1. The molecule has 0 N–H and O–H groups in total. The van der Waals surface area contributed by atoms with Crippen molar-refractivity contribution in [2.75, 3.05) is 0 Å². The van der Waals surface area contributed by atoms with Crippen molar-refractivity contribution in [1.29, 1.82) is 0 Å². The summed E-state index contributed by atoms with van der Waals surface area (Å²) in [4.78, 5) is 30.4. The van der Waals surface area contributed by atoms with Crippen LogP contribution in [0.2, 0.25) is 0 Å². The van der Waals surface area contributed by atoms with Crippen LogP contribution in [0.25, 0.3) is 15.9 Å². The summed E-state index contributed by atoms with van der Waals surface area (Å²) >= 11 is 1.42. The van der Waals surface area contributed by atoms with E-state index >= 15 is 0 Å². The minimum Gasteiger partial charge on any atom is -0.318 e. The molecular formula is C21H19N3O2S. The number of ketones is 1. The molecule has 6 heteroatoms. The van der Waals surface area contributed by atoms with Crippen molar-refractivity contribution in [3.63, 3.8) is 0 Å². The zero-order valence-corrected chi connectivity index (χ0v) is 16.2. The third kappa shape index (κ3) is 3.02. The maximum Gasteiger partial charge on any atom is 0.262 e. The molecular weight excluding hydrogens is 358 g/mol. The summed E-state index contributed by atoms with van der Waals surface area (Å²) in [5.41, 5.74) is 4.51. The minimum absolute atomic E-state index is 0.0181. The highest BCUT2D eigenvalue weighted by Gasteiger charge is 2.18. The predicted octanol–water partition coefficient (Wildman–Crippen LogP) is 4.06. The van der Waals surface area contributed by atoms with Crippen molar-refractivity contribution in [2.45, 2.75) is 27.3 Å². The summed E-state index contributed by atoms with van der Waals surface area (Å²) in [6, 6.07) is 11.8. The number of hydrogen-bond acceptors (Lipinski definition) is 4. The van der Waals surface area contributed by atoms with Gasteiger partial charge in [0.1, 0.15) is 4.83 Å². The van der Waals surface area contributed by atoms with Crippen LogP contribution in [-0.4, -0.2) is 19.9 Å². The summed E-state index contributed by atoms with van der Waals surface area (Å²) in [6.45, 7) is 5.95. The molecule has 0 saturated heterocycles. The fourth-order valence-electron chi connectivity index (χ4n) is 3.46. The van der Waals surface area contributed by atoms with Gasteiger partial charge in [0.05, 0.1) is 18.3 Å². The molecule has 0 atom stereocenters. The second-order valence-electron chi connectivity index (χ2n) is 6.70. The third-order valence-electron chi connectivity index (χ3n) is 4.76. The van der Waals surface area contributed by atoms with Gasteiger partial charge in [-0.3, -0.25) is 14.2 Å². The molecule has 3 aromatic heterocycles. The number of benzene rings is 1. The Kier molecular flexibility index (Phi) is 4.28. The SMILES string of the molecule is Cc1cccc(-n2c(C)cc(C(=O)Cn3cnc4sccc4c3=O)c2C)c1. The fraction of sp³-hybridized carbons (Fsp3) is 0.190. The second-order valence-corrected chi connectivity index (χ2v) is 7.59. The first-order valence-corrected chi connectivity index (χ1v) is 9.55. The largest absolute Gasteiger partial charge is 0.318 e. The summed E-state index contributed by atoms with van der Waals surface area (Å²) in [7, 11) is 0. The number of carbonyl (C=O) groups excluding carboxylic acids is 1. The van der Waals surface area contributed by atoms with Crippen LogP contribution >= 0.6 is 11.3 Å². The van der Waals surface area contributed by atoms with E-state index in [1.165, 1.54) is 22.2 Å². The lowest BCUT2D eigenvalue weighted by Gasteiger charge is -2.11. The van der Waals surface area contributed by atoms with Gasteiger partial charge in [-0.2, -0.15) is 0 Å². The van der Waals surface area contributed by atoms with E-state index in [2.05, 4.69) is 15.6 Å². The molecule has 0 aliphatic rings. The molecule has 5 nitrogen and oxygen atoms in total. The Morgan fingerprint density at radius 2 is 1.96 bits per heavy atom. The Balaban J connectivity index is 1.71. The number of aromatic nitrogens is 3. The summed E-state index contributed by atoms with van der Waals surface area (Å²) in [6.07, 6.45) is 1.46. The molecule has 136 valence electrons. The minimum atomic E-state index is -0.179. The average molecular weight is 377 g/mol. The van der Waals surface area contributed by atoms with Gasteiger partial charge in [0, 0.05) is 22.6 Å². The first-order valence-electron chi connectivity index (χ1n) is 8.67. The van der Waals surface area contributed by atoms with Crippen molar-refractivity contribution in [2.24, 2.45) is 0 Å². The highest BCUT2D eigenvalue weighted by molar-refractivity contribution is 7.16. The quantitative estimate of drug-likeness (QED) is 0.504. The van der Waals surface area contributed by atoms with Crippen LogP contribution in [-0.2, 0) is 6.54 Å². The van der Waals surface area contributed by atoms with Crippen LogP contribution in [0.4, 0.5) is 0 Å². The van der Waals surface area contributed by atoms with Gasteiger partial charge in [0.25, 0.3) is 5.56 Å². The molecule has 1 aromatic carbocycles. The molecule has 3 heterocycles. The topological polar surface area (TPSA) is 56.9 Å². The van der Waals surface area contributed by atoms with E-state index < -0.39 is 0 Å². The molecule has 0 spiro atoms. The number of Topliss-reactive ketones (excluding diaryl/α,β-unsaturated/α-hetero) is 1. The van der Waals surface area contributed by atoms with Crippen LogP contribution in [0.3, 0.4) is 0 Å². The molecule has 0 aliphatic carbocycles. The van der Waals surface area contributed by atoms with E-state index in [1.54, 1.807) is 6.07 Å². The maximum absolute atomic E-state index is 12.9. The Bertz CT molecular complexity index is 1230. The van der Waals surface area contributed by atoms with E-state index in [1.807, 2.05) is 50.4 Å². The third-order valence-corrected chi connectivity index (χ3v) is 5.58. The van der Waals surface area contributed by atoms with E-state index in [4.69, 9.17) is 0 Å². The monoisotopic (exact) mass is 377 g/mol. The number of hydrogen-bond donors (Lipinski definition) is 0. The smallest absolute Gasteiger partial charge is 0.262 e. The molecule has 27 heavy (non-hydrogen) atoms. The Morgan fingerprint density at radius 1 is 1.15 bits per heavy atom. The van der Waals surface area contributed by atoms with Gasteiger partial charge in [-0.15, -0.1) is 11.3 Å². The zero-order chi connectivity index (χ0) is 19.1. The lowest BCUT2D eigenvalue weighted by atomic mass is 10.1. The number of aryl methyl sites for hydroxylation is 2. The Morgan fingerprint density at radius 3 is 2.74 bits per heavy atom. The van der Waals surface area contributed by atoms with Gasteiger partial charge in [0.2, 0.25) is 0 Å². The number of thiophene rings is 1. The number of carbonyl (C=O) groups is 1. The Labute approximate surface area is 160 Å². The molecule has 4 aromatic rings. The number of rotatable bonds is 4. The summed E-state index contributed by atoms with van der Waals surface area (Å²) in [5, 5.41) is 2.39. The van der Waals surface area contributed by atoms with Crippen molar-refractivity contribution >= 4 is 27.3 Å². The normalized spacial score (nSPS) is 11.2.